The fraction of sp³-hybridized carbons (Fsp3) is 0.480. The summed E-state index contributed by atoms with van der Waals surface area (Å²) in [5.41, 5.74) is 4.02. The van der Waals surface area contributed by atoms with Crippen LogP contribution in [-0.4, -0.2) is 30.3 Å². The zero-order valence-electron chi connectivity index (χ0n) is 16.8. The minimum absolute atomic E-state index is 0.0837. The molecule has 0 radical (unpaired) electrons. The summed E-state index contributed by atoms with van der Waals surface area (Å²) in [6, 6.07) is 20.3. The lowest BCUT2D eigenvalue weighted by Crippen LogP contribution is -2.45. The molecule has 5 atom stereocenters. The molecule has 142 valence electrons. The van der Waals surface area contributed by atoms with E-state index in [1.807, 2.05) is 6.92 Å². The number of aryl methyl sites for hydroxylation is 1. The van der Waals surface area contributed by atoms with Crippen LogP contribution in [0.1, 0.15) is 54.7 Å². The van der Waals surface area contributed by atoms with Crippen molar-refractivity contribution in [2.75, 3.05) is 13.6 Å². The van der Waals surface area contributed by atoms with Crippen molar-refractivity contribution < 1.29 is 4.79 Å². The first-order valence-corrected chi connectivity index (χ1v) is 10.4. The van der Waals surface area contributed by atoms with Gasteiger partial charge >= 0.3 is 0 Å². The summed E-state index contributed by atoms with van der Waals surface area (Å²) in [4.78, 5) is 15.7. The molecule has 2 nitrogen and oxygen atoms in total. The van der Waals surface area contributed by atoms with Gasteiger partial charge in [0.2, 0.25) is 0 Å². The third-order valence-corrected chi connectivity index (χ3v) is 6.99. The van der Waals surface area contributed by atoms with Crippen molar-refractivity contribution >= 4 is 5.78 Å². The van der Waals surface area contributed by atoms with Gasteiger partial charge in [0.25, 0.3) is 0 Å². The number of Topliss-reactive ketones (excluding diaryl/α,β-unsaturated/α-hetero) is 1. The molecule has 2 aliphatic heterocycles. The zero-order valence-corrected chi connectivity index (χ0v) is 16.8. The van der Waals surface area contributed by atoms with Crippen molar-refractivity contribution in [3.63, 3.8) is 0 Å². The highest BCUT2D eigenvalue weighted by molar-refractivity contribution is 5.83. The molecular weight excluding hydrogens is 330 g/mol. The first kappa shape index (κ1) is 18.4. The number of fused-ring (bicyclic) bond motifs is 4. The molecule has 2 aromatic rings. The van der Waals surface area contributed by atoms with Crippen LogP contribution in [0.3, 0.4) is 0 Å². The molecular formula is C25H31NO. The Morgan fingerprint density at radius 2 is 1.63 bits per heavy atom. The molecule has 0 aromatic heterocycles. The van der Waals surface area contributed by atoms with Gasteiger partial charge in [-0.3, -0.25) is 4.79 Å². The fourth-order valence-corrected chi connectivity index (χ4v) is 5.71. The summed E-state index contributed by atoms with van der Waals surface area (Å²) in [6.45, 7) is 5.27. The quantitative estimate of drug-likeness (QED) is 0.748. The molecule has 3 aliphatic rings. The van der Waals surface area contributed by atoms with E-state index < -0.39 is 0 Å². The first-order valence-electron chi connectivity index (χ1n) is 10.4. The standard InChI is InChI=1S/C25H31NO/c1-4-22(27)25-21-15-14-20(16-26(21)3)23(18-8-6-5-7-9-18)24(25)19-12-10-17(2)11-13-19/h5-13,20-21,23-25H,4,14-16H2,1-3H3/t20?,21?,23-,24+,25+/m1/s1. The monoisotopic (exact) mass is 361 g/mol. The van der Waals surface area contributed by atoms with E-state index in [1.54, 1.807) is 0 Å². The molecule has 5 rings (SSSR count). The van der Waals surface area contributed by atoms with E-state index in [0.29, 0.717) is 30.1 Å². The van der Waals surface area contributed by atoms with Crippen LogP contribution in [0, 0.1) is 18.8 Å². The van der Waals surface area contributed by atoms with Gasteiger partial charge in [-0.25, -0.2) is 0 Å². The maximum atomic E-state index is 13.3. The maximum Gasteiger partial charge on any atom is 0.137 e. The van der Waals surface area contributed by atoms with Crippen molar-refractivity contribution in [2.24, 2.45) is 11.8 Å². The normalized spacial score (nSPS) is 30.9. The van der Waals surface area contributed by atoms with Crippen LogP contribution in [0.15, 0.2) is 54.6 Å². The second-order valence-corrected chi connectivity index (χ2v) is 8.56. The second kappa shape index (κ2) is 7.59. The highest BCUT2D eigenvalue weighted by Crippen LogP contribution is 2.53. The van der Waals surface area contributed by atoms with Crippen LogP contribution < -0.4 is 0 Å². The molecule has 3 fully saturated rings. The molecule has 2 saturated heterocycles. The Morgan fingerprint density at radius 1 is 0.963 bits per heavy atom. The van der Waals surface area contributed by atoms with E-state index >= 15 is 0 Å². The first-order chi connectivity index (χ1) is 13.1. The molecule has 1 saturated carbocycles. The molecule has 2 aromatic carbocycles. The van der Waals surface area contributed by atoms with Crippen LogP contribution in [0.25, 0.3) is 0 Å². The van der Waals surface area contributed by atoms with Gasteiger partial charge < -0.3 is 4.90 Å². The van der Waals surface area contributed by atoms with Crippen LogP contribution in [0.5, 0.6) is 0 Å². The Labute approximate surface area is 163 Å². The van der Waals surface area contributed by atoms with Crippen molar-refractivity contribution in [2.45, 2.75) is 51.0 Å². The second-order valence-electron chi connectivity index (χ2n) is 8.56. The molecule has 2 bridgehead atoms. The van der Waals surface area contributed by atoms with E-state index in [0.717, 1.165) is 13.0 Å². The predicted octanol–water partition coefficient (Wildman–Crippen LogP) is 5.18. The maximum absolute atomic E-state index is 13.3. The smallest absolute Gasteiger partial charge is 0.137 e. The Balaban J connectivity index is 1.90. The fourth-order valence-electron chi connectivity index (χ4n) is 5.71. The van der Waals surface area contributed by atoms with Gasteiger partial charge in [0, 0.05) is 30.8 Å². The van der Waals surface area contributed by atoms with Gasteiger partial charge in [-0.15, -0.1) is 0 Å². The van der Waals surface area contributed by atoms with Gasteiger partial charge in [-0.2, -0.15) is 0 Å². The van der Waals surface area contributed by atoms with E-state index in [2.05, 4.69) is 73.5 Å². The molecule has 0 spiro atoms. The number of ketones is 1. The van der Waals surface area contributed by atoms with Crippen LogP contribution >= 0.6 is 0 Å². The van der Waals surface area contributed by atoms with Crippen molar-refractivity contribution in [3.8, 4) is 0 Å². The number of carbonyl (C=O) groups is 1. The van der Waals surface area contributed by atoms with Gasteiger partial charge in [0.05, 0.1) is 0 Å². The van der Waals surface area contributed by atoms with Crippen molar-refractivity contribution in [1.29, 1.82) is 0 Å². The van der Waals surface area contributed by atoms with E-state index in [4.69, 9.17) is 0 Å². The summed E-state index contributed by atoms with van der Waals surface area (Å²) >= 11 is 0. The summed E-state index contributed by atoms with van der Waals surface area (Å²) in [6.07, 6.45) is 3.00. The topological polar surface area (TPSA) is 20.3 Å². The summed E-state index contributed by atoms with van der Waals surface area (Å²) in [7, 11) is 2.23. The number of carbonyl (C=O) groups excluding carboxylic acids is 1. The Hall–Kier alpha value is -1.93. The average molecular weight is 362 g/mol. The third kappa shape index (κ3) is 3.36. The van der Waals surface area contributed by atoms with Gasteiger partial charge in [0.15, 0.2) is 0 Å². The summed E-state index contributed by atoms with van der Waals surface area (Å²) in [5.74, 6) is 1.79. The lowest BCUT2D eigenvalue weighted by molar-refractivity contribution is -0.125. The predicted molar refractivity (Wildman–Crippen MR) is 111 cm³/mol. The van der Waals surface area contributed by atoms with Gasteiger partial charge in [-0.05, 0) is 49.8 Å². The highest BCUT2D eigenvalue weighted by atomic mass is 16.1. The van der Waals surface area contributed by atoms with E-state index in [1.165, 1.54) is 23.1 Å². The molecule has 0 amide bonds. The summed E-state index contributed by atoms with van der Waals surface area (Å²) in [5, 5.41) is 0. The highest BCUT2D eigenvalue weighted by Gasteiger charge is 2.50. The van der Waals surface area contributed by atoms with Crippen LogP contribution in [0.2, 0.25) is 0 Å². The third-order valence-electron chi connectivity index (χ3n) is 6.99. The molecule has 2 unspecified atom stereocenters. The molecule has 0 N–H and O–H groups in total. The SMILES string of the molecule is CCC(=O)[C@@H]1C2CCC(CN2C)[C@@H](c2ccccc2)[C@@H]1c1ccc(C)cc1. The van der Waals surface area contributed by atoms with Gasteiger partial charge in [-0.1, -0.05) is 67.1 Å². The molecule has 2 heteroatoms. The number of piperidine rings is 1. The van der Waals surface area contributed by atoms with Crippen LogP contribution in [0.4, 0.5) is 0 Å². The Kier molecular flexibility index (Phi) is 5.19. The lowest BCUT2D eigenvalue weighted by atomic mass is 9.68. The lowest BCUT2D eigenvalue weighted by Gasteiger charge is -2.37. The van der Waals surface area contributed by atoms with Crippen LogP contribution in [-0.2, 0) is 4.79 Å². The Morgan fingerprint density at radius 3 is 2.26 bits per heavy atom. The summed E-state index contributed by atoms with van der Waals surface area (Å²) < 4.78 is 0. The largest absolute Gasteiger partial charge is 0.302 e. The van der Waals surface area contributed by atoms with Gasteiger partial charge in [0.1, 0.15) is 5.78 Å². The number of rotatable bonds is 4. The minimum Gasteiger partial charge on any atom is -0.302 e. The van der Waals surface area contributed by atoms with Crippen molar-refractivity contribution in [3.05, 3.63) is 71.3 Å². The zero-order chi connectivity index (χ0) is 19.0. The molecule has 1 aliphatic carbocycles. The minimum atomic E-state index is 0.0837. The molecule has 2 heterocycles. The average Bonchev–Trinajstić information content (AvgIpc) is 2.93. The Bertz CT molecular complexity index is 782. The van der Waals surface area contributed by atoms with Crippen molar-refractivity contribution in [1.82, 2.24) is 4.90 Å². The number of benzene rings is 2. The van der Waals surface area contributed by atoms with E-state index in [-0.39, 0.29) is 11.8 Å². The number of nitrogens with zero attached hydrogens (tertiary/aromatic N) is 1. The number of hydrogen-bond acceptors (Lipinski definition) is 2. The number of hydrogen-bond donors (Lipinski definition) is 0. The molecule has 27 heavy (non-hydrogen) atoms. The van der Waals surface area contributed by atoms with E-state index in [9.17, 15) is 4.79 Å².